The first-order valence-electron chi connectivity index (χ1n) is 9.81. The van der Waals surface area contributed by atoms with Crippen molar-refractivity contribution in [3.8, 4) is 11.5 Å². The van der Waals surface area contributed by atoms with Crippen LogP contribution in [0.4, 0.5) is 0 Å². The van der Waals surface area contributed by atoms with Gasteiger partial charge in [-0.25, -0.2) is 0 Å². The summed E-state index contributed by atoms with van der Waals surface area (Å²) in [6.07, 6.45) is 2.76. The molecule has 0 radical (unpaired) electrons. The summed E-state index contributed by atoms with van der Waals surface area (Å²) in [5.41, 5.74) is 2.45. The Hall–Kier alpha value is -2.04. The summed E-state index contributed by atoms with van der Waals surface area (Å²) in [4.78, 5) is 0. The summed E-state index contributed by atoms with van der Waals surface area (Å²) < 4.78 is 22.0. The third-order valence-corrected chi connectivity index (χ3v) is 5.37. The van der Waals surface area contributed by atoms with Gasteiger partial charge < -0.3 is 18.9 Å². The Morgan fingerprint density at radius 3 is 1.29 bits per heavy atom. The van der Waals surface area contributed by atoms with Gasteiger partial charge in [-0.3, -0.25) is 0 Å². The van der Waals surface area contributed by atoms with Gasteiger partial charge in [-0.05, 0) is 35.4 Å². The van der Waals surface area contributed by atoms with Crippen molar-refractivity contribution in [1.29, 1.82) is 0 Å². The number of benzene rings is 2. The summed E-state index contributed by atoms with van der Waals surface area (Å²) in [5, 5.41) is 0. The third-order valence-electron chi connectivity index (χ3n) is 5.37. The first-order valence-corrected chi connectivity index (χ1v) is 9.81. The lowest BCUT2D eigenvalue weighted by molar-refractivity contribution is 0.283. The van der Waals surface area contributed by atoms with Crippen LogP contribution < -0.4 is 9.47 Å². The van der Waals surface area contributed by atoms with Gasteiger partial charge in [-0.1, -0.05) is 67.8 Å². The Balaban J connectivity index is 0.00000225. The van der Waals surface area contributed by atoms with Crippen molar-refractivity contribution in [1.82, 2.24) is 0 Å². The van der Waals surface area contributed by atoms with Gasteiger partial charge in [0.15, 0.2) is 0 Å². The summed E-state index contributed by atoms with van der Waals surface area (Å²) >= 11 is 0. The topological polar surface area (TPSA) is 43.5 Å². The fraction of sp³-hybridized carbons (Fsp3) is 0.556. The minimum absolute atomic E-state index is 0. The molecule has 176 valence electrons. The summed E-state index contributed by atoms with van der Waals surface area (Å²) in [5.74, 6) is 1.83. The van der Waals surface area contributed by atoms with Gasteiger partial charge in [0.2, 0.25) is 0 Å². The van der Waals surface area contributed by atoms with Crippen LogP contribution in [0, 0.1) is 0 Å². The van der Waals surface area contributed by atoms with Crippen LogP contribution in [-0.4, -0.2) is 38.6 Å². The van der Waals surface area contributed by atoms with E-state index in [9.17, 15) is 0 Å². The standard InChI is InChI=1S/C23H28O4.4CH4/c1-23(2,17-3-7-19(8-4-17)24-13-11-21-15-26-21)18-5-9-20(10-6-18)25-14-12-22-16-27-22;;;;/h3-10,21-22H,11-16H2,1-2H3;4*1H4. The van der Waals surface area contributed by atoms with Crippen molar-refractivity contribution >= 4 is 0 Å². The van der Waals surface area contributed by atoms with Gasteiger partial charge in [0.25, 0.3) is 0 Å². The number of hydrogen-bond donors (Lipinski definition) is 0. The van der Waals surface area contributed by atoms with Crippen molar-refractivity contribution in [2.24, 2.45) is 0 Å². The van der Waals surface area contributed by atoms with Crippen molar-refractivity contribution < 1.29 is 18.9 Å². The SMILES string of the molecule is C.C.C.C.CC(C)(c1ccc(OCCC2CO2)cc1)c1ccc(OCCC2CO2)cc1. The Morgan fingerprint density at radius 1 is 0.677 bits per heavy atom. The quantitative estimate of drug-likeness (QED) is 0.383. The average molecular weight is 433 g/mol. The van der Waals surface area contributed by atoms with Crippen LogP contribution >= 0.6 is 0 Å². The molecule has 0 aromatic heterocycles. The maximum atomic E-state index is 5.80. The molecule has 0 aliphatic carbocycles. The first kappa shape index (κ1) is 29.0. The molecular weight excluding hydrogens is 388 g/mol. The van der Waals surface area contributed by atoms with E-state index < -0.39 is 0 Å². The lowest BCUT2D eigenvalue weighted by Crippen LogP contribution is -2.18. The monoisotopic (exact) mass is 432 g/mol. The lowest BCUT2D eigenvalue weighted by Gasteiger charge is -2.26. The molecule has 2 aromatic rings. The van der Waals surface area contributed by atoms with Crippen molar-refractivity contribution in [3.05, 3.63) is 59.7 Å². The van der Waals surface area contributed by atoms with E-state index in [1.54, 1.807) is 0 Å². The molecule has 2 unspecified atom stereocenters. The predicted octanol–water partition coefficient (Wildman–Crippen LogP) is 6.89. The normalized spacial score (nSPS) is 18.3. The smallest absolute Gasteiger partial charge is 0.119 e. The Labute approximate surface area is 190 Å². The van der Waals surface area contributed by atoms with Crippen LogP contribution in [0.5, 0.6) is 11.5 Å². The van der Waals surface area contributed by atoms with E-state index in [1.165, 1.54) is 11.1 Å². The largest absolute Gasteiger partial charge is 0.493 e. The van der Waals surface area contributed by atoms with Crippen LogP contribution in [0.2, 0.25) is 0 Å². The second-order valence-corrected chi connectivity index (χ2v) is 7.86. The highest BCUT2D eigenvalue weighted by atomic mass is 16.6. The highest BCUT2D eigenvalue weighted by molar-refractivity contribution is 5.41. The van der Waals surface area contributed by atoms with E-state index in [-0.39, 0.29) is 35.1 Å². The minimum atomic E-state index is -0.0826. The van der Waals surface area contributed by atoms with E-state index >= 15 is 0 Å². The molecule has 4 nitrogen and oxygen atoms in total. The lowest BCUT2D eigenvalue weighted by atomic mass is 9.78. The summed E-state index contributed by atoms with van der Waals surface area (Å²) in [6.45, 7) is 7.68. The summed E-state index contributed by atoms with van der Waals surface area (Å²) in [6, 6.07) is 16.9. The minimum Gasteiger partial charge on any atom is -0.493 e. The number of rotatable bonds is 10. The second kappa shape index (κ2) is 12.7. The van der Waals surface area contributed by atoms with Crippen LogP contribution in [0.25, 0.3) is 0 Å². The molecule has 2 aromatic carbocycles. The van der Waals surface area contributed by atoms with Crippen molar-refractivity contribution in [2.75, 3.05) is 26.4 Å². The van der Waals surface area contributed by atoms with E-state index in [1.807, 2.05) is 0 Å². The molecule has 2 fully saturated rings. The van der Waals surface area contributed by atoms with Crippen LogP contribution in [0.1, 0.15) is 67.5 Å². The molecule has 4 heteroatoms. The van der Waals surface area contributed by atoms with Crippen LogP contribution in [-0.2, 0) is 14.9 Å². The fourth-order valence-corrected chi connectivity index (χ4v) is 3.19. The maximum absolute atomic E-state index is 5.80. The predicted molar refractivity (Wildman–Crippen MR) is 132 cm³/mol. The van der Waals surface area contributed by atoms with Gasteiger partial charge in [0, 0.05) is 18.3 Å². The van der Waals surface area contributed by atoms with E-state index in [0.29, 0.717) is 25.4 Å². The molecule has 2 atom stereocenters. The summed E-state index contributed by atoms with van der Waals surface area (Å²) in [7, 11) is 0. The molecule has 0 amide bonds. The van der Waals surface area contributed by atoms with Crippen molar-refractivity contribution in [3.63, 3.8) is 0 Å². The van der Waals surface area contributed by atoms with Gasteiger partial charge in [-0.15, -0.1) is 0 Å². The molecule has 31 heavy (non-hydrogen) atoms. The fourth-order valence-electron chi connectivity index (χ4n) is 3.19. The number of ether oxygens (including phenoxy) is 4. The highest BCUT2D eigenvalue weighted by Gasteiger charge is 2.24. The molecule has 4 rings (SSSR count). The third kappa shape index (κ3) is 8.19. The van der Waals surface area contributed by atoms with Gasteiger partial charge in [-0.2, -0.15) is 0 Å². The van der Waals surface area contributed by atoms with E-state index in [2.05, 4.69) is 62.4 Å². The molecule has 2 aliphatic rings. The van der Waals surface area contributed by atoms with Crippen LogP contribution in [0.15, 0.2) is 48.5 Å². The van der Waals surface area contributed by atoms with Gasteiger partial charge in [0.1, 0.15) is 11.5 Å². The Kier molecular flexibility index (Phi) is 11.9. The Bertz CT molecular complexity index is 665. The molecule has 2 heterocycles. The molecule has 2 saturated heterocycles. The van der Waals surface area contributed by atoms with E-state index in [4.69, 9.17) is 18.9 Å². The second-order valence-electron chi connectivity index (χ2n) is 7.86. The zero-order valence-corrected chi connectivity index (χ0v) is 16.1. The Morgan fingerprint density at radius 2 is 1.00 bits per heavy atom. The molecule has 0 spiro atoms. The molecular formula is C27H44O4. The zero-order chi connectivity index (χ0) is 18.7. The molecule has 0 bridgehead atoms. The highest BCUT2D eigenvalue weighted by Crippen LogP contribution is 2.33. The zero-order valence-electron chi connectivity index (χ0n) is 16.1. The van der Waals surface area contributed by atoms with Gasteiger partial charge >= 0.3 is 0 Å². The van der Waals surface area contributed by atoms with Crippen molar-refractivity contribution in [2.45, 2.75) is 74.0 Å². The average Bonchev–Trinajstić information content (AvgIpc) is 3.58. The number of hydrogen-bond acceptors (Lipinski definition) is 4. The molecule has 0 saturated carbocycles. The number of epoxide rings is 2. The van der Waals surface area contributed by atoms with Crippen LogP contribution in [0.3, 0.4) is 0 Å². The first-order chi connectivity index (χ1) is 13.1. The van der Waals surface area contributed by atoms with Gasteiger partial charge in [0.05, 0.1) is 38.6 Å². The maximum Gasteiger partial charge on any atom is 0.119 e. The van der Waals surface area contributed by atoms with E-state index in [0.717, 1.165) is 37.6 Å². The molecule has 2 aliphatic heterocycles. The molecule has 0 N–H and O–H groups in total.